The van der Waals surface area contributed by atoms with Crippen LogP contribution in [0, 0.1) is 0 Å². The van der Waals surface area contributed by atoms with Crippen LogP contribution in [0.2, 0.25) is 0 Å². The maximum atomic E-state index is 10.8. The van der Waals surface area contributed by atoms with E-state index < -0.39 is 0 Å². The molecule has 0 atom stereocenters. The van der Waals surface area contributed by atoms with Gasteiger partial charge in [0.05, 0.1) is 17.5 Å². The van der Waals surface area contributed by atoms with Crippen LogP contribution < -0.4 is 5.32 Å². The number of carbonyl (C=O) groups excluding carboxylic acids is 1. The van der Waals surface area contributed by atoms with Gasteiger partial charge in [0.2, 0.25) is 0 Å². The molecule has 1 amide bonds. The first kappa shape index (κ1) is 5.34. The number of nitrogens with zero attached hydrogens (tertiary/aromatic N) is 2. The summed E-state index contributed by atoms with van der Waals surface area (Å²) in [4.78, 5) is 18.3. The number of rotatable bonds is 0. The topological polar surface area (TPSA) is 53.8 Å². The molecule has 1 N–H and O–H groups in total. The molecule has 0 saturated carbocycles. The monoisotopic (exact) mass is 135 g/mol. The van der Waals surface area contributed by atoms with Crippen molar-refractivity contribution in [2.75, 3.05) is 6.67 Å². The molecule has 0 aromatic heterocycles. The fourth-order valence-corrected chi connectivity index (χ4v) is 0.911. The fraction of sp³-hybridized carbons (Fsp3) is 0.167. The highest BCUT2D eigenvalue weighted by atomic mass is 16.1. The van der Waals surface area contributed by atoms with Crippen molar-refractivity contribution in [1.82, 2.24) is 5.32 Å². The molecule has 0 radical (unpaired) electrons. The van der Waals surface area contributed by atoms with E-state index in [1.807, 2.05) is 0 Å². The summed E-state index contributed by atoms with van der Waals surface area (Å²) in [6.07, 6.45) is 3.09. The molecule has 0 fully saturated rings. The van der Waals surface area contributed by atoms with Crippen molar-refractivity contribution in [1.29, 1.82) is 0 Å². The highest BCUT2D eigenvalue weighted by molar-refractivity contribution is 6.22. The molecule has 2 heterocycles. The molecule has 2 aliphatic rings. The van der Waals surface area contributed by atoms with Gasteiger partial charge in [0, 0.05) is 6.21 Å². The summed E-state index contributed by atoms with van der Waals surface area (Å²) in [6, 6.07) is 0. The molecular formula is C6H5N3O. The lowest BCUT2D eigenvalue weighted by atomic mass is 10.2. The summed E-state index contributed by atoms with van der Waals surface area (Å²) in [7, 11) is 0. The molecule has 0 aromatic rings. The molecule has 2 rings (SSSR count). The van der Waals surface area contributed by atoms with E-state index in [0.29, 0.717) is 12.2 Å². The summed E-state index contributed by atoms with van der Waals surface area (Å²) in [6.45, 7) is 0.540. The van der Waals surface area contributed by atoms with Crippen molar-refractivity contribution in [3.8, 4) is 0 Å². The average Bonchev–Trinajstić information content (AvgIpc) is 2.34. The number of amides is 1. The van der Waals surface area contributed by atoms with Gasteiger partial charge in [-0.15, -0.1) is 0 Å². The van der Waals surface area contributed by atoms with E-state index in [1.54, 1.807) is 6.21 Å². The largest absolute Gasteiger partial charge is 0.364 e. The summed E-state index contributed by atoms with van der Waals surface area (Å²) < 4.78 is 0. The van der Waals surface area contributed by atoms with Crippen LogP contribution in [0.5, 0.6) is 0 Å². The normalized spacial score (nSPS) is 21.4. The second-order valence-electron chi connectivity index (χ2n) is 2.04. The van der Waals surface area contributed by atoms with Crippen LogP contribution in [0.1, 0.15) is 0 Å². The van der Waals surface area contributed by atoms with Gasteiger partial charge in [-0.3, -0.25) is 9.79 Å². The predicted molar refractivity (Wildman–Crippen MR) is 37.0 cm³/mol. The molecule has 0 spiro atoms. The van der Waals surface area contributed by atoms with Crippen LogP contribution in [0.25, 0.3) is 0 Å². The lowest BCUT2D eigenvalue weighted by Crippen LogP contribution is -2.20. The van der Waals surface area contributed by atoms with Gasteiger partial charge >= 0.3 is 0 Å². The Bertz CT molecular complexity index is 275. The van der Waals surface area contributed by atoms with Crippen molar-refractivity contribution in [3.63, 3.8) is 0 Å². The number of aliphatic imine (C=N–C) groups is 2. The number of hydrogen-bond donors (Lipinski definition) is 1. The van der Waals surface area contributed by atoms with Gasteiger partial charge in [-0.2, -0.15) is 0 Å². The molecule has 10 heavy (non-hydrogen) atoms. The average molecular weight is 135 g/mol. The van der Waals surface area contributed by atoms with Gasteiger partial charge in [0.15, 0.2) is 0 Å². The SMILES string of the molecule is O=C1N=CC2=C1C=NCN2. The fourth-order valence-electron chi connectivity index (χ4n) is 0.911. The zero-order valence-electron chi connectivity index (χ0n) is 5.16. The summed E-state index contributed by atoms with van der Waals surface area (Å²) >= 11 is 0. The third kappa shape index (κ3) is 0.586. The molecule has 0 aromatic carbocycles. The summed E-state index contributed by atoms with van der Waals surface area (Å²) in [5.74, 6) is -0.203. The maximum Gasteiger partial charge on any atom is 0.280 e. The van der Waals surface area contributed by atoms with E-state index in [9.17, 15) is 4.79 Å². The van der Waals surface area contributed by atoms with E-state index in [1.165, 1.54) is 6.21 Å². The van der Waals surface area contributed by atoms with Gasteiger partial charge in [0.25, 0.3) is 5.91 Å². The van der Waals surface area contributed by atoms with Crippen molar-refractivity contribution >= 4 is 18.3 Å². The second kappa shape index (κ2) is 1.76. The number of carbonyl (C=O) groups is 1. The smallest absolute Gasteiger partial charge is 0.280 e. The van der Waals surface area contributed by atoms with Crippen molar-refractivity contribution < 1.29 is 4.79 Å². The standard InChI is InChI=1S/C6H5N3O/c10-6-4-1-7-3-9-5(4)2-8-6/h1-2,9H,3H2. The first-order valence-electron chi connectivity index (χ1n) is 2.94. The molecule has 2 aliphatic heterocycles. The van der Waals surface area contributed by atoms with Crippen molar-refractivity contribution in [2.45, 2.75) is 0 Å². The molecule has 0 aliphatic carbocycles. The Morgan fingerprint density at radius 1 is 1.50 bits per heavy atom. The zero-order chi connectivity index (χ0) is 6.97. The van der Waals surface area contributed by atoms with E-state index in [0.717, 1.165) is 5.70 Å². The summed E-state index contributed by atoms with van der Waals surface area (Å²) in [5, 5.41) is 2.92. The van der Waals surface area contributed by atoms with E-state index in [2.05, 4.69) is 15.3 Å². The van der Waals surface area contributed by atoms with Crippen LogP contribution >= 0.6 is 0 Å². The van der Waals surface area contributed by atoms with Crippen LogP contribution in [0.15, 0.2) is 21.3 Å². The minimum Gasteiger partial charge on any atom is -0.364 e. The van der Waals surface area contributed by atoms with Crippen LogP contribution in [-0.4, -0.2) is 25.0 Å². The highest BCUT2D eigenvalue weighted by Gasteiger charge is 2.18. The second-order valence-corrected chi connectivity index (χ2v) is 2.04. The quantitative estimate of drug-likeness (QED) is 0.486. The third-order valence-electron chi connectivity index (χ3n) is 1.41. The number of allylic oxidation sites excluding steroid dienone is 1. The predicted octanol–water partition coefficient (Wildman–Crippen LogP) is -0.517. The van der Waals surface area contributed by atoms with Gasteiger partial charge in [0.1, 0.15) is 6.67 Å². The van der Waals surface area contributed by atoms with Gasteiger partial charge in [-0.1, -0.05) is 0 Å². The molecule has 4 heteroatoms. The van der Waals surface area contributed by atoms with Crippen molar-refractivity contribution in [2.24, 2.45) is 9.98 Å². The summed E-state index contributed by atoms with van der Waals surface area (Å²) in [5.41, 5.74) is 1.37. The van der Waals surface area contributed by atoms with Gasteiger partial charge in [-0.05, 0) is 0 Å². The maximum absolute atomic E-state index is 10.8. The lowest BCUT2D eigenvalue weighted by Gasteiger charge is -2.06. The van der Waals surface area contributed by atoms with Gasteiger partial charge < -0.3 is 5.32 Å². The first-order chi connectivity index (χ1) is 4.88. The Hall–Kier alpha value is -1.45. The molecule has 4 nitrogen and oxygen atoms in total. The van der Waals surface area contributed by atoms with E-state index in [4.69, 9.17) is 0 Å². The minimum absolute atomic E-state index is 0.203. The van der Waals surface area contributed by atoms with Crippen LogP contribution in [0.3, 0.4) is 0 Å². The zero-order valence-corrected chi connectivity index (χ0v) is 5.16. The first-order valence-corrected chi connectivity index (χ1v) is 2.94. The Labute approximate surface area is 57.4 Å². The highest BCUT2D eigenvalue weighted by Crippen LogP contribution is 2.09. The van der Waals surface area contributed by atoms with Crippen LogP contribution in [0.4, 0.5) is 0 Å². The molecule has 0 bridgehead atoms. The van der Waals surface area contributed by atoms with E-state index in [-0.39, 0.29) is 5.91 Å². The molecule has 0 saturated heterocycles. The van der Waals surface area contributed by atoms with Crippen LogP contribution in [-0.2, 0) is 4.79 Å². The Balaban J connectivity index is 2.46. The number of nitrogens with one attached hydrogen (secondary N) is 1. The number of hydrogen-bond acceptors (Lipinski definition) is 3. The minimum atomic E-state index is -0.203. The Morgan fingerprint density at radius 2 is 2.40 bits per heavy atom. The molecular weight excluding hydrogens is 130 g/mol. The van der Waals surface area contributed by atoms with Crippen molar-refractivity contribution in [3.05, 3.63) is 11.3 Å². The Kier molecular flexibility index (Phi) is 0.943. The Morgan fingerprint density at radius 3 is 3.20 bits per heavy atom. The lowest BCUT2D eigenvalue weighted by molar-refractivity contribution is -0.113. The third-order valence-corrected chi connectivity index (χ3v) is 1.41. The van der Waals surface area contributed by atoms with E-state index >= 15 is 0 Å². The van der Waals surface area contributed by atoms with Gasteiger partial charge in [-0.25, -0.2) is 4.99 Å². The molecule has 0 unspecified atom stereocenters. The molecule has 50 valence electrons.